The van der Waals surface area contributed by atoms with Crippen LogP contribution < -0.4 is 0 Å². The molecule has 0 N–H and O–H groups in total. The predicted molar refractivity (Wildman–Crippen MR) is 75.4 cm³/mol. The van der Waals surface area contributed by atoms with Gasteiger partial charge in [0.15, 0.2) is 0 Å². The number of aromatic nitrogens is 2. The van der Waals surface area contributed by atoms with Gasteiger partial charge in [-0.15, -0.1) is 0 Å². The van der Waals surface area contributed by atoms with Crippen LogP contribution in [-0.2, 0) is 0 Å². The first-order chi connectivity index (χ1) is 8.34. The van der Waals surface area contributed by atoms with Gasteiger partial charge >= 0.3 is 0 Å². The summed E-state index contributed by atoms with van der Waals surface area (Å²) in [7, 11) is 0. The number of hydrogen-bond donors (Lipinski definition) is 0. The van der Waals surface area contributed by atoms with E-state index in [1.165, 1.54) is 29.3 Å². The van der Waals surface area contributed by atoms with Crippen LogP contribution in [0.25, 0.3) is 10.9 Å². The summed E-state index contributed by atoms with van der Waals surface area (Å²) < 4.78 is 2.16. The highest BCUT2D eigenvalue weighted by Gasteiger charge is 2.25. The van der Waals surface area contributed by atoms with E-state index >= 15 is 0 Å². The van der Waals surface area contributed by atoms with Gasteiger partial charge < -0.3 is 0 Å². The Hall–Kier alpha value is -1.31. The van der Waals surface area contributed by atoms with E-state index in [0.717, 1.165) is 0 Å². The van der Waals surface area contributed by atoms with E-state index in [-0.39, 0.29) is 0 Å². The van der Waals surface area contributed by atoms with Gasteiger partial charge in [0.1, 0.15) is 0 Å². The molecule has 1 saturated carbocycles. The first kappa shape index (κ1) is 13.8. The van der Waals surface area contributed by atoms with E-state index in [4.69, 9.17) is 0 Å². The molecule has 3 rings (SSSR count). The van der Waals surface area contributed by atoms with Crippen LogP contribution in [0, 0.1) is 6.92 Å². The summed E-state index contributed by atoms with van der Waals surface area (Å²) in [6.45, 7) is 10.1. The average Bonchev–Trinajstić information content (AvgIpc) is 3.15. The van der Waals surface area contributed by atoms with Crippen LogP contribution in [0.15, 0.2) is 24.4 Å². The molecular formula is C15H24N2. The van der Waals surface area contributed by atoms with Crippen LogP contribution in [0.4, 0.5) is 0 Å². The van der Waals surface area contributed by atoms with E-state index in [0.29, 0.717) is 6.04 Å². The Morgan fingerprint density at radius 3 is 2.35 bits per heavy atom. The molecule has 2 nitrogen and oxygen atoms in total. The summed E-state index contributed by atoms with van der Waals surface area (Å²) in [6, 6.07) is 7.21. The fourth-order valence-electron chi connectivity index (χ4n) is 1.78. The van der Waals surface area contributed by atoms with Crippen molar-refractivity contribution in [3.8, 4) is 0 Å². The lowest BCUT2D eigenvalue weighted by Gasteiger charge is -1.99. The smallest absolute Gasteiger partial charge is 0.0685 e. The van der Waals surface area contributed by atoms with Gasteiger partial charge in [-0.3, -0.25) is 4.68 Å². The Morgan fingerprint density at radius 2 is 1.76 bits per heavy atom. The molecule has 0 saturated heterocycles. The molecule has 1 heterocycles. The summed E-state index contributed by atoms with van der Waals surface area (Å²) in [5.74, 6) is 0. The minimum Gasteiger partial charge on any atom is -0.262 e. The molecule has 1 aromatic carbocycles. The zero-order valence-electron chi connectivity index (χ0n) is 11.7. The molecule has 2 aromatic rings. The number of aryl methyl sites for hydroxylation is 1. The zero-order chi connectivity index (χ0) is 12.8. The lowest BCUT2D eigenvalue weighted by atomic mass is 10.2. The van der Waals surface area contributed by atoms with Crippen molar-refractivity contribution >= 4 is 10.9 Å². The summed E-state index contributed by atoms with van der Waals surface area (Å²) in [4.78, 5) is 0. The molecule has 0 bridgehead atoms. The van der Waals surface area contributed by atoms with Crippen LogP contribution in [0.5, 0.6) is 0 Å². The largest absolute Gasteiger partial charge is 0.262 e. The topological polar surface area (TPSA) is 17.8 Å². The molecule has 17 heavy (non-hydrogen) atoms. The molecule has 0 radical (unpaired) electrons. The third kappa shape index (κ3) is 3.09. The number of rotatable bonds is 1. The Morgan fingerprint density at radius 1 is 1.12 bits per heavy atom. The fourth-order valence-corrected chi connectivity index (χ4v) is 1.78. The molecule has 0 aliphatic heterocycles. The normalized spacial score (nSPS) is 13.5. The Bertz CT molecular complexity index is 453. The number of nitrogens with zero attached hydrogens (tertiary/aromatic N) is 2. The van der Waals surface area contributed by atoms with Crippen molar-refractivity contribution in [2.24, 2.45) is 0 Å². The summed E-state index contributed by atoms with van der Waals surface area (Å²) in [5.41, 5.74) is 2.59. The average molecular weight is 232 g/mol. The molecule has 0 unspecified atom stereocenters. The second-order valence-electron chi connectivity index (χ2n) is 3.88. The molecule has 94 valence electrons. The first-order valence-electron chi connectivity index (χ1n) is 6.78. The number of fused-ring (bicyclic) bond motifs is 1. The van der Waals surface area contributed by atoms with E-state index in [2.05, 4.69) is 34.9 Å². The maximum absolute atomic E-state index is 4.42. The van der Waals surface area contributed by atoms with Gasteiger partial charge in [-0.1, -0.05) is 39.3 Å². The summed E-state index contributed by atoms with van der Waals surface area (Å²) >= 11 is 0. The van der Waals surface area contributed by atoms with E-state index in [9.17, 15) is 0 Å². The molecule has 1 aliphatic carbocycles. The minimum atomic E-state index is 0.681. The van der Waals surface area contributed by atoms with Crippen LogP contribution in [-0.4, -0.2) is 9.78 Å². The third-order valence-electron chi connectivity index (χ3n) is 2.64. The van der Waals surface area contributed by atoms with Crippen LogP contribution in [0.1, 0.15) is 52.1 Å². The molecule has 0 spiro atoms. The Kier molecular flexibility index (Phi) is 5.20. The van der Waals surface area contributed by atoms with Gasteiger partial charge in [-0.05, 0) is 31.9 Å². The standard InChI is InChI=1S/C11H12N2.2C2H6/c1-8-2-5-11-9(6-8)7-12-13(11)10-3-4-10;2*1-2/h2,5-7,10H,3-4H2,1H3;2*1-2H3. The van der Waals surface area contributed by atoms with Gasteiger partial charge in [0.05, 0.1) is 17.8 Å². The molecule has 1 aromatic heterocycles. The van der Waals surface area contributed by atoms with Crippen molar-refractivity contribution in [2.75, 3.05) is 0 Å². The van der Waals surface area contributed by atoms with Gasteiger partial charge in [0.2, 0.25) is 0 Å². The second-order valence-corrected chi connectivity index (χ2v) is 3.88. The lowest BCUT2D eigenvalue weighted by molar-refractivity contribution is 0.665. The van der Waals surface area contributed by atoms with Crippen LogP contribution >= 0.6 is 0 Å². The van der Waals surface area contributed by atoms with Crippen molar-refractivity contribution in [2.45, 2.75) is 53.5 Å². The Balaban J connectivity index is 0.000000330. The molecular weight excluding hydrogens is 208 g/mol. The van der Waals surface area contributed by atoms with E-state index in [1.807, 2.05) is 33.9 Å². The molecule has 0 atom stereocenters. The highest BCUT2D eigenvalue weighted by atomic mass is 15.3. The number of benzene rings is 1. The monoisotopic (exact) mass is 232 g/mol. The van der Waals surface area contributed by atoms with E-state index in [1.54, 1.807) is 0 Å². The summed E-state index contributed by atoms with van der Waals surface area (Å²) in [5, 5.41) is 5.69. The summed E-state index contributed by atoms with van der Waals surface area (Å²) in [6.07, 6.45) is 4.57. The first-order valence-corrected chi connectivity index (χ1v) is 6.78. The quantitative estimate of drug-likeness (QED) is 0.695. The van der Waals surface area contributed by atoms with Crippen molar-refractivity contribution < 1.29 is 0 Å². The van der Waals surface area contributed by atoms with Gasteiger partial charge in [-0.25, -0.2) is 0 Å². The van der Waals surface area contributed by atoms with Gasteiger partial charge in [0, 0.05) is 5.39 Å². The van der Waals surface area contributed by atoms with Crippen LogP contribution in [0.3, 0.4) is 0 Å². The highest BCUT2D eigenvalue weighted by molar-refractivity contribution is 5.79. The molecule has 1 fully saturated rings. The molecule has 1 aliphatic rings. The number of hydrogen-bond acceptors (Lipinski definition) is 1. The Labute approximate surface area is 105 Å². The predicted octanol–water partition coefficient (Wildman–Crippen LogP) is 4.73. The molecule has 2 heteroatoms. The van der Waals surface area contributed by atoms with Crippen molar-refractivity contribution in [3.63, 3.8) is 0 Å². The third-order valence-corrected chi connectivity index (χ3v) is 2.64. The van der Waals surface area contributed by atoms with Gasteiger partial charge in [-0.2, -0.15) is 5.10 Å². The van der Waals surface area contributed by atoms with Crippen molar-refractivity contribution in [3.05, 3.63) is 30.0 Å². The highest BCUT2D eigenvalue weighted by Crippen LogP contribution is 2.36. The van der Waals surface area contributed by atoms with Crippen LogP contribution in [0.2, 0.25) is 0 Å². The fraction of sp³-hybridized carbons (Fsp3) is 0.533. The minimum absolute atomic E-state index is 0.681. The zero-order valence-corrected chi connectivity index (χ0v) is 11.7. The maximum Gasteiger partial charge on any atom is 0.0685 e. The second kappa shape index (κ2) is 6.43. The van der Waals surface area contributed by atoms with Crippen molar-refractivity contribution in [1.82, 2.24) is 9.78 Å². The molecule has 0 amide bonds. The lowest BCUT2D eigenvalue weighted by Crippen LogP contribution is -1.94. The van der Waals surface area contributed by atoms with Gasteiger partial charge in [0.25, 0.3) is 0 Å². The maximum atomic E-state index is 4.42. The van der Waals surface area contributed by atoms with Crippen molar-refractivity contribution in [1.29, 1.82) is 0 Å². The SMILES string of the molecule is CC.CC.Cc1ccc2c(cnn2C2CC2)c1. The van der Waals surface area contributed by atoms with E-state index < -0.39 is 0 Å².